The Balaban J connectivity index is 1.02. The molecule has 62 heavy (non-hydrogen) atoms. The number of fused-ring (bicyclic) bond motifs is 2. The number of nitrogens with one attached hydrogen (secondary N) is 1. The maximum absolute atomic E-state index is 14.5. The number of carbonyl (C=O) groups excluding carboxylic acids is 2. The number of hydrogen-bond donors (Lipinski definition) is 2. The fourth-order valence-corrected chi connectivity index (χ4v) is 8.73. The van der Waals surface area contributed by atoms with Crippen molar-refractivity contribution in [1.29, 1.82) is 0 Å². The van der Waals surface area contributed by atoms with Crippen LogP contribution in [-0.2, 0) is 40.4 Å². The largest absolute Gasteiger partial charge is 0.489 e. The summed E-state index contributed by atoms with van der Waals surface area (Å²) >= 11 is 18.3. The van der Waals surface area contributed by atoms with Crippen LogP contribution >= 0.6 is 34.8 Å². The highest BCUT2D eigenvalue weighted by Gasteiger charge is 2.40. The fraction of sp³-hybridized carbons (Fsp3) is 0.220. The predicted molar refractivity (Wildman–Crippen MR) is 243 cm³/mol. The third-order valence-electron chi connectivity index (χ3n) is 11.6. The van der Waals surface area contributed by atoms with Gasteiger partial charge in [-0.05, 0) is 100 Å². The van der Waals surface area contributed by atoms with E-state index in [4.69, 9.17) is 44.3 Å². The molecule has 0 saturated heterocycles. The summed E-state index contributed by atoms with van der Waals surface area (Å²) in [6.07, 6.45) is 0.227. The zero-order valence-corrected chi connectivity index (χ0v) is 36.3. The minimum Gasteiger partial charge on any atom is -0.489 e. The molecule has 4 atom stereocenters. The maximum atomic E-state index is 14.5. The van der Waals surface area contributed by atoms with Crippen molar-refractivity contribution in [2.75, 3.05) is 11.9 Å². The van der Waals surface area contributed by atoms with Crippen LogP contribution in [0.25, 0.3) is 11.1 Å². The number of carboxylic acids is 1. The Bertz CT molecular complexity index is 2590. The number of nitrogens with zero attached hydrogens (tertiary/aromatic N) is 2. The van der Waals surface area contributed by atoms with Crippen molar-refractivity contribution in [3.8, 4) is 22.6 Å². The van der Waals surface area contributed by atoms with Gasteiger partial charge >= 0.3 is 5.97 Å². The minimum absolute atomic E-state index is 0.106. The predicted octanol–water partition coefficient (Wildman–Crippen LogP) is 10.7. The van der Waals surface area contributed by atoms with Gasteiger partial charge in [-0.25, -0.2) is 4.79 Å². The van der Waals surface area contributed by atoms with Crippen LogP contribution in [0.2, 0.25) is 15.1 Å². The smallest absolute Gasteiger partial charge is 0.326 e. The molecule has 2 aliphatic rings. The number of benzene rings is 6. The van der Waals surface area contributed by atoms with Crippen LogP contribution < -0.4 is 19.7 Å². The molecule has 0 aromatic heterocycles. The Morgan fingerprint density at radius 2 is 1.50 bits per heavy atom. The molecular formula is C50H44Cl3N3O6. The van der Waals surface area contributed by atoms with Crippen molar-refractivity contribution in [2.45, 2.75) is 63.6 Å². The SMILES string of the molecule is CCC(c1ccccc1)N1Cc2cc3c(cc2CC1C(=O)N[C@@H](Cc1ccc(-c2ccc(Cl)cc2)cc1)C(=O)O)N(C)C(=O)[C@@H](c1ccc(OCc2ccc(Cl)c(Cl)c2)cc1)O3. The number of halogens is 3. The highest BCUT2D eigenvalue weighted by atomic mass is 35.5. The summed E-state index contributed by atoms with van der Waals surface area (Å²) in [5, 5.41) is 14.9. The molecule has 0 saturated carbocycles. The van der Waals surface area contributed by atoms with Crippen molar-refractivity contribution in [3.63, 3.8) is 0 Å². The summed E-state index contributed by atoms with van der Waals surface area (Å²) in [6.45, 7) is 2.77. The molecule has 0 fully saturated rings. The molecule has 9 nitrogen and oxygen atoms in total. The van der Waals surface area contributed by atoms with E-state index in [9.17, 15) is 19.5 Å². The van der Waals surface area contributed by atoms with Gasteiger partial charge in [0.05, 0.1) is 21.8 Å². The number of ether oxygens (including phenoxy) is 2. The van der Waals surface area contributed by atoms with Crippen molar-refractivity contribution in [3.05, 3.63) is 182 Å². The van der Waals surface area contributed by atoms with Gasteiger partial charge in [0.25, 0.3) is 5.91 Å². The Kier molecular flexibility index (Phi) is 12.9. The lowest BCUT2D eigenvalue weighted by Crippen LogP contribution is -2.55. The van der Waals surface area contributed by atoms with Crippen LogP contribution in [0, 0.1) is 0 Å². The number of rotatable bonds is 13. The number of anilines is 1. The number of likely N-dealkylation sites (N-methyl/N-ethyl adjacent to an activating group) is 1. The molecule has 316 valence electrons. The first kappa shape index (κ1) is 42.8. The lowest BCUT2D eigenvalue weighted by molar-refractivity contribution is -0.143. The molecule has 0 spiro atoms. The second kappa shape index (κ2) is 18.6. The first-order chi connectivity index (χ1) is 29.9. The van der Waals surface area contributed by atoms with Gasteiger partial charge in [0.1, 0.15) is 24.1 Å². The van der Waals surface area contributed by atoms with Crippen molar-refractivity contribution in [2.24, 2.45) is 0 Å². The molecule has 2 heterocycles. The second-order valence-electron chi connectivity index (χ2n) is 15.6. The standard InChI is InChI=1S/C50H44Cl3N3O6/c1-3-43(34-7-5-4-6-8-34)56-28-37-27-46-44(55(2)49(58)47(62-46)35-16-20-39(21-17-35)61-29-31-11-22-40(52)41(53)23-31)25-36(37)26-45(56)48(57)54-42(50(59)60)24-30-9-12-32(13-10-30)33-14-18-38(51)19-15-33/h4-23,25,27,42-43,45,47H,3,24,26,28-29H2,1-2H3,(H,54,57)(H,59,60)/t42-,43?,45?,47+/m0/s1. The average molecular weight is 889 g/mol. The summed E-state index contributed by atoms with van der Waals surface area (Å²) in [7, 11) is 1.72. The van der Waals surface area contributed by atoms with E-state index in [0.29, 0.717) is 63.8 Å². The maximum Gasteiger partial charge on any atom is 0.326 e. The van der Waals surface area contributed by atoms with E-state index in [0.717, 1.165) is 38.9 Å². The minimum atomic E-state index is -1.16. The highest BCUT2D eigenvalue weighted by molar-refractivity contribution is 6.42. The monoisotopic (exact) mass is 887 g/mol. The lowest BCUT2D eigenvalue weighted by Gasteiger charge is -2.42. The summed E-state index contributed by atoms with van der Waals surface area (Å²) in [5.41, 5.74) is 7.78. The number of carbonyl (C=O) groups is 3. The van der Waals surface area contributed by atoms with Crippen LogP contribution in [-0.4, -0.2) is 46.9 Å². The van der Waals surface area contributed by atoms with Crippen LogP contribution in [0.4, 0.5) is 5.69 Å². The Morgan fingerprint density at radius 3 is 2.16 bits per heavy atom. The fourth-order valence-electron chi connectivity index (χ4n) is 8.28. The van der Waals surface area contributed by atoms with Crippen LogP contribution in [0.15, 0.2) is 133 Å². The van der Waals surface area contributed by atoms with E-state index in [1.165, 1.54) is 0 Å². The molecule has 8 rings (SSSR count). The first-order valence-corrected chi connectivity index (χ1v) is 21.5. The highest BCUT2D eigenvalue weighted by Crippen LogP contribution is 2.43. The molecule has 2 N–H and O–H groups in total. The molecule has 2 amide bonds. The molecule has 2 unspecified atom stereocenters. The number of amides is 2. The Labute approximate surface area is 375 Å². The molecule has 0 bridgehead atoms. The molecule has 6 aromatic rings. The van der Waals surface area contributed by atoms with E-state index < -0.39 is 24.2 Å². The van der Waals surface area contributed by atoms with Gasteiger partial charge in [0.2, 0.25) is 12.0 Å². The zero-order valence-electron chi connectivity index (χ0n) is 34.1. The van der Waals surface area contributed by atoms with E-state index in [-0.39, 0.29) is 24.3 Å². The first-order valence-electron chi connectivity index (χ1n) is 20.4. The van der Waals surface area contributed by atoms with Crippen LogP contribution in [0.3, 0.4) is 0 Å². The summed E-state index contributed by atoms with van der Waals surface area (Å²) < 4.78 is 12.5. The topological polar surface area (TPSA) is 108 Å². The molecule has 2 aliphatic heterocycles. The summed E-state index contributed by atoms with van der Waals surface area (Å²) in [6, 6.07) is 39.7. The van der Waals surface area contributed by atoms with Crippen molar-refractivity contribution in [1.82, 2.24) is 10.2 Å². The van der Waals surface area contributed by atoms with E-state index >= 15 is 0 Å². The molecule has 12 heteroatoms. The number of aliphatic carboxylic acids is 1. The van der Waals surface area contributed by atoms with E-state index in [1.807, 2.05) is 97.1 Å². The van der Waals surface area contributed by atoms with Gasteiger partial charge in [-0.2, -0.15) is 0 Å². The number of carboxylic acid groups (broad SMARTS) is 1. The Hall–Kier alpha value is -5.84. The van der Waals surface area contributed by atoms with Crippen LogP contribution in [0.5, 0.6) is 11.5 Å². The van der Waals surface area contributed by atoms with Gasteiger partial charge in [-0.3, -0.25) is 14.5 Å². The van der Waals surface area contributed by atoms with Gasteiger partial charge in [0.15, 0.2) is 0 Å². The van der Waals surface area contributed by atoms with E-state index in [1.54, 1.807) is 36.2 Å². The second-order valence-corrected chi connectivity index (χ2v) is 16.9. The average Bonchev–Trinajstić information content (AvgIpc) is 3.28. The van der Waals surface area contributed by atoms with Crippen LogP contribution in [0.1, 0.15) is 58.9 Å². The van der Waals surface area contributed by atoms with Gasteiger partial charge < -0.3 is 24.8 Å². The lowest BCUT2D eigenvalue weighted by atomic mass is 9.88. The molecular weight excluding hydrogens is 845 g/mol. The van der Waals surface area contributed by atoms with Crippen molar-refractivity contribution < 1.29 is 29.0 Å². The zero-order chi connectivity index (χ0) is 43.5. The van der Waals surface area contributed by atoms with Crippen molar-refractivity contribution >= 4 is 58.3 Å². The van der Waals surface area contributed by atoms with Gasteiger partial charge in [0, 0.05) is 36.6 Å². The molecule has 0 radical (unpaired) electrons. The Morgan fingerprint density at radius 1 is 0.823 bits per heavy atom. The van der Waals surface area contributed by atoms with E-state index in [2.05, 4.69) is 29.3 Å². The van der Waals surface area contributed by atoms with Gasteiger partial charge in [-0.15, -0.1) is 0 Å². The quantitative estimate of drug-likeness (QED) is 0.119. The molecule has 6 aromatic carbocycles. The van der Waals surface area contributed by atoms with Gasteiger partial charge in [-0.1, -0.05) is 127 Å². The summed E-state index contributed by atoms with van der Waals surface area (Å²) in [5.74, 6) is -0.566. The summed E-state index contributed by atoms with van der Waals surface area (Å²) in [4.78, 5) is 44.8. The normalized spacial score (nSPS) is 17.0. The number of hydrogen-bond acceptors (Lipinski definition) is 6. The molecule has 0 aliphatic carbocycles. The third-order valence-corrected chi connectivity index (χ3v) is 12.6. The third kappa shape index (κ3) is 9.32.